The molecule has 0 amide bonds. The molecule has 0 spiro atoms. The van der Waals surface area contributed by atoms with Crippen LogP contribution in [0.15, 0.2) is 47.6 Å². The van der Waals surface area contributed by atoms with Gasteiger partial charge in [-0.1, -0.05) is 6.07 Å². The smallest absolute Gasteiger partial charge is 0.292 e. The second-order valence-electron chi connectivity index (χ2n) is 4.16. The van der Waals surface area contributed by atoms with Crippen molar-refractivity contribution in [3.05, 3.63) is 58.4 Å². The van der Waals surface area contributed by atoms with Gasteiger partial charge >= 0.3 is 0 Å². The maximum Gasteiger partial charge on any atom is 0.292 e. The highest BCUT2D eigenvalue weighted by atomic mass is 32.2. The van der Waals surface area contributed by atoms with Gasteiger partial charge in [-0.3, -0.25) is 15.1 Å². The van der Waals surface area contributed by atoms with Gasteiger partial charge in [0.15, 0.2) is 0 Å². The summed E-state index contributed by atoms with van der Waals surface area (Å²) in [5, 5.41) is 10.6. The van der Waals surface area contributed by atoms with Crippen molar-refractivity contribution < 1.29 is 13.3 Å². The maximum absolute atomic E-state index is 12.1. The molecule has 2 aromatic rings. The van der Waals surface area contributed by atoms with Crippen molar-refractivity contribution in [2.24, 2.45) is 0 Å². The standard InChI is InChI=1S/C12H12N4O4S/c13-11-6-10(3-4-12(11)16(17)18)21(19,20)15-8-9-2-1-5-14-7-9/h1-7,15H,8,13H2. The summed E-state index contributed by atoms with van der Waals surface area (Å²) in [4.78, 5) is 13.7. The number of nitrogen functional groups attached to an aromatic ring is 1. The van der Waals surface area contributed by atoms with Crippen molar-refractivity contribution in [2.75, 3.05) is 5.73 Å². The van der Waals surface area contributed by atoms with Crippen LogP contribution in [0.3, 0.4) is 0 Å². The third-order valence-corrected chi connectivity index (χ3v) is 4.09. The molecule has 0 aliphatic carbocycles. The number of benzene rings is 1. The number of nitro groups is 1. The van der Waals surface area contributed by atoms with Crippen LogP contribution >= 0.6 is 0 Å². The largest absolute Gasteiger partial charge is 0.393 e. The van der Waals surface area contributed by atoms with E-state index in [2.05, 4.69) is 9.71 Å². The monoisotopic (exact) mass is 308 g/mol. The number of nitrogens with two attached hydrogens (primary N) is 1. The van der Waals surface area contributed by atoms with Crippen LogP contribution in [0.1, 0.15) is 5.56 Å². The average molecular weight is 308 g/mol. The lowest BCUT2D eigenvalue weighted by molar-refractivity contribution is -0.383. The van der Waals surface area contributed by atoms with Gasteiger partial charge in [0, 0.05) is 25.0 Å². The first-order valence-corrected chi connectivity index (χ1v) is 7.31. The van der Waals surface area contributed by atoms with Crippen molar-refractivity contribution in [3.63, 3.8) is 0 Å². The molecule has 9 heteroatoms. The van der Waals surface area contributed by atoms with Gasteiger partial charge in [0.1, 0.15) is 5.69 Å². The van der Waals surface area contributed by atoms with Crippen LogP contribution in [0.4, 0.5) is 11.4 Å². The Morgan fingerprint density at radius 2 is 2.10 bits per heavy atom. The Bertz CT molecular complexity index is 762. The Balaban J connectivity index is 2.20. The zero-order valence-electron chi connectivity index (χ0n) is 10.8. The topological polar surface area (TPSA) is 128 Å². The maximum atomic E-state index is 12.1. The van der Waals surface area contributed by atoms with Gasteiger partial charge in [0.2, 0.25) is 10.0 Å². The number of aromatic nitrogens is 1. The molecule has 2 rings (SSSR count). The highest BCUT2D eigenvalue weighted by molar-refractivity contribution is 7.89. The van der Waals surface area contributed by atoms with E-state index < -0.39 is 14.9 Å². The number of nitrogens with zero attached hydrogens (tertiary/aromatic N) is 2. The summed E-state index contributed by atoms with van der Waals surface area (Å²) in [6, 6.07) is 6.67. The summed E-state index contributed by atoms with van der Waals surface area (Å²) in [6.07, 6.45) is 3.11. The lowest BCUT2D eigenvalue weighted by atomic mass is 10.3. The van der Waals surface area contributed by atoms with E-state index in [1.807, 2.05) is 0 Å². The molecule has 1 aromatic heterocycles. The van der Waals surface area contributed by atoms with Crippen molar-refractivity contribution in [1.29, 1.82) is 0 Å². The second kappa shape index (κ2) is 5.85. The summed E-state index contributed by atoms with van der Waals surface area (Å²) < 4.78 is 26.5. The molecule has 21 heavy (non-hydrogen) atoms. The van der Waals surface area contributed by atoms with Crippen molar-refractivity contribution in [2.45, 2.75) is 11.4 Å². The van der Waals surface area contributed by atoms with E-state index in [0.717, 1.165) is 18.2 Å². The molecule has 1 heterocycles. The minimum Gasteiger partial charge on any atom is -0.393 e. The number of sulfonamides is 1. The van der Waals surface area contributed by atoms with Gasteiger partial charge in [-0.2, -0.15) is 0 Å². The van der Waals surface area contributed by atoms with E-state index in [1.54, 1.807) is 18.3 Å². The van der Waals surface area contributed by atoms with Crippen molar-refractivity contribution in [3.8, 4) is 0 Å². The highest BCUT2D eigenvalue weighted by Gasteiger charge is 2.18. The molecule has 0 atom stereocenters. The second-order valence-corrected chi connectivity index (χ2v) is 5.93. The third kappa shape index (κ3) is 3.52. The Hall–Kier alpha value is -2.52. The number of nitrogens with one attached hydrogen (secondary N) is 1. The van der Waals surface area contributed by atoms with Crippen LogP contribution in [-0.4, -0.2) is 18.3 Å². The normalized spacial score (nSPS) is 11.2. The number of hydrogen-bond acceptors (Lipinski definition) is 6. The van der Waals surface area contributed by atoms with Crippen LogP contribution in [0, 0.1) is 10.1 Å². The summed E-state index contributed by atoms with van der Waals surface area (Å²) >= 11 is 0. The van der Waals surface area contributed by atoms with Crippen LogP contribution in [0.25, 0.3) is 0 Å². The van der Waals surface area contributed by atoms with Gasteiger partial charge in [-0.15, -0.1) is 0 Å². The number of nitro benzene ring substituents is 1. The minimum atomic E-state index is -3.80. The van der Waals surface area contributed by atoms with Gasteiger partial charge in [0.05, 0.1) is 9.82 Å². The predicted octanol–water partition coefficient (Wildman–Crippen LogP) is 1.05. The predicted molar refractivity (Wildman–Crippen MR) is 75.8 cm³/mol. The average Bonchev–Trinajstić information content (AvgIpc) is 2.46. The summed E-state index contributed by atoms with van der Waals surface area (Å²) in [5.74, 6) is 0. The molecular formula is C12H12N4O4S. The molecule has 0 radical (unpaired) electrons. The minimum absolute atomic E-state index is 0.0626. The Kier molecular flexibility index (Phi) is 4.15. The van der Waals surface area contributed by atoms with Crippen molar-refractivity contribution in [1.82, 2.24) is 9.71 Å². The molecule has 0 saturated heterocycles. The van der Waals surface area contributed by atoms with Gasteiger partial charge in [-0.25, -0.2) is 13.1 Å². The molecule has 3 N–H and O–H groups in total. The lowest BCUT2D eigenvalue weighted by Crippen LogP contribution is -2.23. The first-order valence-electron chi connectivity index (χ1n) is 5.82. The number of anilines is 1. The third-order valence-electron chi connectivity index (χ3n) is 2.70. The number of hydrogen-bond donors (Lipinski definition) is 2. The summed E-state index contributed by atoms with van der Waals surface area (Å²) in [6.45, 7) is 0.0626. The Labute approximate surface area is 120 Å². The fourth-order valence-electron chi connectivity index (χ4n) is 1.63. The Morgan fingerprint density at radius 1 is 1.33 bits per heavy atom. The summed E-state index contributed by atoms with van der Waals surface area (Å²) in [5.41, 5.74) is 5.64. The lowest BCUT2D eigenvalue weighted by Gasteiger charge is -2.07. The highest BCUT2D eigenvalue weighted by Crippen LogP contribution is 2.24. The van der Waals surface area contributed by atoms with E-state index in [1.165, 1.54) is 6.20 Å². The zero-order chi connectivity index (χ0) is 15.5. The number of pyridine rings is 1. The van der Waals surface area contributed by atoms with E-state index in [0.29, 0.717) is 5.56 Å². The summed E-state index contributed by atoms with van der Waals surface area (Å²) in [7, 11) is -3.80. The molecule has 0 aliphatic heterocycles. The van der Waals surface area contributed by atoms with E-state index in [9.17, 15) is 18.5 Å². The molecule has 1 aromatic carbocycles. The quantitative estimate of drug-likeness (QED) is 0.482. The fourth-order valence-corrected chi connectivity index (χ4v) is 2.68. The molecule has 0 aliphatic rings. The first kappa shape index (κ1) is 14.9. The zero-order valence-corrected chi connectivity index (χ0v) is 11.6. The van der Waals surface area contributed by atoms with E-state index >= 15 is 0 Å². The number of rotatable bonds is 5. The van der Waals surface area contributed by atoms with Crippen LogP contribution in [0.5, 0.6) is 0 Å². The Morgan fingerprint density at radius 3 is 2.67 bits per heavy atom. The van der Waals surface area contributed by atoms with Gasteiger partial charge in [-0.05, 0) is 23.8 Å². The van der Waals surface area contributed by atoms with Gasteiger partial charge < -0.3 is 5.73 Å². The molecule has 0 saturated carbocycles. The molecule has 0 fully saturated rings. The SMILES string of the molecule is Nc1cc(S(=O)(=O)NCc2cccnc2)ccc1[N+](=O)[O-]. The van der Waals surface area contributed by atoms with Crippen LogP contribution in [-0.2, 0) is 16.6 Å². The molecular weight excluding hydrogens is 296 g/mol. The molecule has 110 valence electrons. The molecule has 0 bridgehead atoms. The first-order chi connectivity index (χ1) is 9.90. The van der Waals surface area contributed by atoms with E-state index in [-0.39, 0.29) is 22.8 Å². The molecule has 0 unspecified atom stereocenters. The van der Waals surface area contributed by atoms with E-state index in [4.69, 9.17) is 5.73 Å². The van der Waals surface area contributed by atoms with Crippen LogP contribution < -0.4 is 10.5 Å². The van der Waals surface area contributed by atoms with Crippen molar-refractivity contribution >= 4 is 21.4 Å². The van der Waals surface area contributed by atoms with Gasteiger partial charge in [0.25, 0.3) is 5.69 Å². The molecule has 8 nitrogen and oxygen atoms in total. The van der Waals surface area contributed by atoms with Crippen LogP contribution in [0.2, 0.25) is 0 Å². The fraction of sp³-hybridized carbons (Fsp3) is 0.0833.